The lowest BCUT2D eigenvalue weighted by Gasteiger charge is -2.38. The first kappa shape index (κ1) is 22.5. The SMILES string of the molecule is CN=C(NCCc1cn2ccccc2n1)N1CC(C)OC(c2ccc(F)cc2)C1.I. The first-order valence-corrected chi connectivity index (χ1v) is 9.91. The minimum atomic E-state index is -0.237. The number of pyridine rings is 1. The van der Waals surface area contributed by atoms with Crippen LogP contribution in [0.4, 0.5) is 4.39 Å². The fourth-order valence-electron chi connectivity index (χ4n) is 3.73. The molecule has 8 heteroatoms. The number of nitrogens with one attached hydrogen (secondary N) is 1. The van der Waals surface area contributed by atoms with Gasteiger partial charge in [0.25, 0.3) is 0 Å². The molecule has 30 heavy (non-hydrogen) atoms. The van der Waals surface area contributed by atoms with Gasteiger partial charge in [-0.05, 0) is 36.8 Å². The van der Waals surface area contributed by atoms with Crippen LogP contribution in [0.5, 0.6) is 0 Å². The first-order valence-electron chi connectivity index (χ1n) is 9.91. The van der Waals surface area contributed by atoms with Crippen LogP contribution >= 0.6 is 24.0 Å². The topological polar surface area (TPSA) is 54.2 Å². The Morgan fingerprint density at radius 3 is 2.77 bits per heavy atom. The third kappa shape index (κ3) is 5.28. The van der Waals surface area contributed by atoms with Crippen molar-refractivity contribution in [1.29, 1.82) is 0 Å². The average Bonchev–Trinajstić information content (AvgIpc) is 3.14. The molecule has 1 aliphatic heterocycles. The van der Waals surface area contributed by atoms with Gasteiger partial charge in [0.15, 0.2) is 5.96 Å². The summed E-state index contributed by atoms with van der Waals surface area (Å²) in [7, 11) is 1.79. The number of benzene rings is 1. The fourth-order valence-corrected chi connectivity index (χ4v) is 3.73. The van der Waals surface area contributed by atoms with E-state index in [2.05, 4.69) is 26.4 Å². The number of morpholine rings is 1. The molecule has 2 aromatic heterocycles. The molecule has 1 N–H and O–H groups in total. The smallest absolute Gasteiger partial charge is 0.193 e. The zero-order chi connectivity index (χ0) is 20.2. The molecule has 6 nitrogen and oxygen atoms in total. The number of hydrogen-bond donors (Lipinski definition) is 1. The average molecular weight is 523 g/mol. The van der Waals surface area contributed by atoms with Crippen molar-refractivity contribution >= 4 is 35.6 Å². The van der Waals surface area contributed by atoms with Crippen molar-refractivity contribution in [2.45, 2.75) is 25.6 Å². The molecule has 0 saturated carbocycles. The second kappa shape index (κ2) is 10.2. The maximum Gasteiger partial charge on any atom is 0.193 e. The van der Waals surface area contributed by atoms with E-state index in [1.165, 1.54) is 12.1 Å². The molecule has 0 spiro atoms. The lowest BCUT2D eigenvalue weighted by molar-refractivity contribution is -0.0604. The van der Waals surface area contributed by atoms with E-state index in [-0.39, 0.29) is 42.0 Å². The van der Waals surface area contributed by atoms with Crippen molar-refractivity contribution in [1.82, 2.24) is 19.6 Å². The number of aliphatic imine (C=N–C) groups is 1. The highest BCUT2D eigenvalue weighted by Crippen LogP contribution is 2.25. The molecule has 1 aliphatic rings. The van der Waals surface area contributed by atoms with Crippen molar-refractivity contribution in [2.75, 3.05) is 26.7 Å². The Bertz CT molecular complexity index is 958. The number of halogens is 2. The van der Waals surface area contributed by atoms with Crippen molar-refractivity contribution in [3.8, 4) is 0 Å². The van der Waals surface area contributed by atoms with Crippen LogP contribution in [0.15, 0.2) is 59.9 Å². The van der Waals surface area contributed by atoms with Crippen LogP contribution in [0.2, 0.25) is 0 Å². The van der Waals surface area contributed by atoms with E-state index in [0.717, 1.165) is 42.4 Å². The van der Waals surface area contributed by atoms with Crippen LogP contribution in [-0.2, 0) is 11.2 Å². The Balaban J connectivity index is 0.00000256. The van der Waals surface area contributed by atoms with Crippen LogP contribution < -0.4 is 5.32 Å². The Labute approximate surface area is 193 Å². The molecule has 160 valence electrons. The van der Waals surface area contributed by atoms with Gasteiger partial charge in [-0.1, -0.05) is 18.2 Å². The van der Waals surface area contributed by atoms with Gasteiger partial charge in [-0.25, -0.2) is 9.37 Å². The van der Waals surface area contributed by atoms with Gasteiger partial charge in [-0.15, -0.1) is 24.0 Å². The second-order valence-electron chi connectivity index (χ2n) is 7.31. The predicted molar refractivity (Wildman–Crippen MR) is 127 cm³/mol. The lowest BCUT2D eigenvalue weighted by atomic mass is 10.1. The van der Waals surface area contributed by atoms with E-state index in [4.69, 9.17) is 4.74 Å². The van der Waals surface area contributed by atoms with Gasteiger partial charge >= 0.3 is 0 Å². The molecular weight excluding hydrogens is 496 g/mol. The van der Waals surface area contributed by atoms with Gasteiger partial charge in [0.05, 0.1) is 18.3 Å². The summed E-state index contributed by atoms with van der Waals surface area (Å²) in [5.74, 6) is 0.606. The number of imidazole rings is 1. The number of rotatable bonds is 4. The van der Waals surface area contributed by atoms with Crippen LogP contribution in [0.1, 0.15) is 24.3 Å². The van der Waals surface area contributed by atoms with Crippen molar-refractivity contribution in [3.63, 3.8) is 0 Å². The third-order valence-corrected chi connectivity index (χ3v) is 5.09. The molecule has 1 fully saturated rings. The summed E-state index contributed by atoms with van der Waals surface area (Å²) >= 11 is 0. The minimum absolute atomic E-state index is 0. The number of guanidine groups is 1. The van der Waals surface area contributed by atoms with Gasteiger partial charge in [0.2, 0.25) is 0 Å². The monoisotopic (exact) mass is 523 g/mol. The first-order chi connectivity index (χ1) is 14.1. The van der Waals surface area contributed by atoms with Gasteiger partial charge in [-0.3, -0.25) is 4.99 Å². The lowest BCUT2D eigenvalue weighted by Crippen LogP contribution is -2.51. The van der Waals surface area contributed by atoms with Crippen LogP contribution in [0.25, 0.3) is 5.65 Å². The van der Waals surface area contributed by atoms with Gasteiger partial charge < -0.3 is 19.4 Å². The molecule has 0 radical (unpaired) electrons. The van der Waals surface area contributed by atoms with E-state index < -0.39 is 0 Å². The number of fused-ring (bicyclic) bond motifs is 1. The highest BCUT2D eigenvalue weighted by atomic mass is 127. The van der Waals surface area contributed by atoms with Crippen LogP contribution in [0.3, 0.4) is 0 Å². The maximum absolute atomic E-state index is 13.3. The number of hydrogen-bond acceptors (Lipinski definition) is 3. The van der Waals surface area contributed by atoms with Gasteiger partial charge in [0, 0.05) is 39.0 Å². The molecule has 2 atom stereocenters. The Kier molecular flexibility index (Phi) is 7.65. The minimum Gasteiger partial charge on any atom is -0.367 e. The van der Waals surface area contributed by atoms with E-state index in [1.54, 1.807) is 19.2 Å². The fraction of sp³-hybridized carbons (Fsp3) is 0.364. The quantitative estimate of drug-likeness (QED) is 0.322. The van der Waals surface area contributed by atoms with Crippen LogP contribution in [-0.4, -0.2) is 53.0 Å². The normalized spacial score (nSPS) is 19.6. The van der Waals surface area contributed by atoms with E-state index >= 15 is 0 Å². The molecule has 3 aromatic rings. The standard InChI is InChI=1S/C22H26FN5O.HI/c1-16-13-28(15-20(29-16)17-6-8-18(23)9-7-17)22(24-2)25-11-10-19-14-27-12-4-3-5-21(27)26-19;/h3-9,12,14,16,20H,10-11,13,15H2,1-2H3,(H,24,25);1H. The Morgan fingerprint density at radius 1 is 1.23 bits per heavy atom. The zero-order valence-corrected chi connectivity index (χ0v) is 19.5. The summed E-state index contributed by atoms with van der Waals surface area (Å²) in [5, 5.41) is 3.44. The summed E-state index contributed by atoms with van der Waals surface area (Å²) in [5.41, 5.74) is 2.97. The second-order valence-corrected chi connectivity index (χ2v) is 7.31. The molecule has 2 unspecified atom stereocenters. The molecule has 3 heterocycles. The number of ether oxygens (including phenoxy) is 1. The number of aromatic nitrogens is 2. The molecule has 1 aromatic carbocycles. The molecule has 0 aliphatic carbocycles. The molecule has 0 bridgehead atoms. The Hall–Kier alpha value is -2.20. The summed E-state index contributed by atoms with van der Waals surface area (Å²) in [6.45, 7) is 4.21. The van der Waals surface area contributed by atoms with E-state index in [0.29, 0.717) is 6.54 Å². The molecule has 1 saturated heterocycles. The molecule has 4 rings (SSSR count). The zero-order valence-electron chi connectivity index (χ0n) is 17.2. The molecule has 0 amide bonds. The number of nitrogens with zero attached hydrogens (tertiary/aromatic N) is 4. The largest absolute Gasteiger partial charge is 0.367 e. The summed E-state index contributed by atoms with van der Waals surface area (Å²) in [6.07, 6.45) is 4.80. The third-order valence-electron chi connectivity index (χ3n) is 5.09. The Morgan fingerprint density at radius 2 is 2.03 bits per heavy atom. The van der Waals surface area contributed by atoms with Crippen molar-refractivity contribution in [3.05, 3.63) is 71.9 Å². The van der Waals surface area contributed by atoms with Gasteiger partial charge in [0.1, 0.15) is 17.6 Å². The highest BCUT2D eigenvalue weighted by Gasteiger charge is 2.28. The van der Waals surface area contributed by atoms with Crippen LogP contribution in [0, 0.1) is 5.82 Å². The summed E-state index contributed by atoms with van der Waals surface area (Å²) in [6, 6.07) is 12.5. The summed E-state index contributed by atoms with van der Waals surface area (Å²) < 4.78 is 21.4. The van der Waals surface area contributed by atoms with Crippen molar-refractivity contribution < 1.29 is 9.13 Å². The van der Waals surface area contributed by atoms with Crippen molar-refractivity contribution in [2.24, 2.45) is 4.99 Å². The highest BCUT2D eigenvalue weighted by molar-refractivity contribution is 14.0. The molecular formula is C22H27FIN5O. The van der Waals surface area contributed by atoms with E-state index in [9.17, 15) is 4.39 Å². The summed E-state index contributed by atoms with van der Waals surface area (Å²) in [4.78, 5) is 11.3. The van der Waals surface area contributed by atoms with Gasteiger partial charge in [-0.2, -0.15) is 0 Å². The van der Waals surface area contributed by atoms with E-state index in [1.807, 2.05) is 35.7 Å². The predicted octanol–water partition coefficient (Wildman–Crippen LogP) is 3.67. The maximum atomic E-state index is 13.3.